The highest BCUT2D eigenvalue weighted by atomic mass is 16.7. The Labute approximate surface area is 169 Å². The Balaban J connectivity index is 1.45. The average molecular weight is 429 g/mol. The van der Waals surface area contributed by atoms with Crippen LogP contribution in [0.25, 0.3) is 11.2 Å². The Bertz CT molecular complexity index is 882. The quantitative estimate of drug-likeness (QED) is 0.240. The van der Waals surface area contributed by atoms with Crippen molar-refractivity contribution in [2.75, 3.05) is 18.9 Å². The van der Waals surface area contributed by atoms with Gasteiger partial charge in [-0.2, -0.15) is 0 Å². The van der Waals surface area contributed by atoms with Crippen molar-refractivity contribution in [1.29, 1.82) is 0 Å². The first kappa shape index (κ1) is 21.2. The summed E-state index contributed by atoms with van der Waals surface area (Å²) in [5, 5.41) is 59.7. The maximum Gasteiger partial charge on any atom is 0.186 e. The van der Waals surface area contributed by atoms with E-state index in [0.29, 0.717) is 11.2 Å². The Morgan fingerprint density at radius 2 is 1.67 bits per heavy atom. The normalized spacial score (nSPS) is 39.6. The number of hydrogen-bond donors (Lipinski definition) is 7. The molecular formula is C16H23N5O9. The zero-order valence-electron chi connectivity index (χ0n) is 15.5. The molecule has 0 aliphatic carbocycles. The van der Waals surface area contributed by atoms with Crippen LogP contribution in [0.1, 0.15) is 6.23 Å². The molecule has 2 aromatic rings. The van der Waals surface area contributed by atoms with E-state index >= 15 is 0 Å². The molecule has 0 saturated carbocycles. The first-order chi connectivity index (χ1) is 14.3. The van der Waals surface area contributed by atoms with Crippen LogP contribution in [0.4, 0.5) is 5.82 Å². The molecule has 2 saturated heterocycles. The van der Waals surface area contributed by atoms with Gasteiger partial charge in [0.25, 0.3) is 0 Å². The highest BCUT2D eigenvalue weighted by Gasteiger charge is 2.47. The van der Waals surface area contributed by atoms with Gasteiger partial charge in [0.05, 0.1) is 19.5 Å². The number of nitrogens with two attached hydrogens (primary N) is 1. The third-order valence-electron chi connectivity index (χ3n) is 5.27. The summed E-state index contributed by atoms with van der Waals surface area (Å²) in [5.41, 5.74) is 6.36. The van der Waals surface area contributed by atoms with Crippen LogP contribution in [-0.2, 0) is 14.2 Å². The van der Waals surface area contributed by atoms with Gasteiger partial charge < -0.3 is 50.6 Å². The first-order valence-corrected chi connectivity index (χ1v) is 9.20. The number of nitrogen functional groups attached to an aromatic ring is 1. The second kappa shape index (κ2) is 8.26. The molecule has 0 amide bonds. The summed E-state index contributed by atoms with van der Waals surface area (Å²) in [5.74, 6) is 0.147. The molecule has 14 heteroatoms. The molecule has 4 rings (SSSR count). The van der Waals surface area contributed by atoms with Gasteiger partial charge in [0.2, 0.25) is 0 Å². The van der Waals surface area contributed by atoms with Crippen molar-refractivity contribution < 1.29 is 44.8 Å². The van der Waals surface area contributed by atoms with Crippen LogP contribution in [0.2, 0.25) is 0 Å². The lowest BCUT2D eigenvalue weighted by molar-refractivity contribution is -0.306. The summed E-state index contributed by atoms with van der Waals surface area (Å²) in [6.07, 6.45) is -9.48. The van der Waals surface area contributed by atoms with Crippen LogP contribution < -0.4 is 5.73 Å². The van der Waals surface area contributed by atoms with Crippen molar-refractivity contribution in [3.63, 3.8) is 0 Å². The van der Waals surface area contributed by atoms with Crippen LogP contribution in [0.3, 0.4) is 0 Å². The van der Waals surface area contributed by atoms with Crippen molar-refractivity contribution in [3.8, 4) is 0 Å². The second-order valence-electron chi connectivity index (χ2n) is 7.16. The van der Waals surface area contributed by atoms with Gasteiger partial charge in [0.15, 0.2) is 24.0 Å². The molecule has 9 atom stereocenters. The standard InChI is InChI=1S/C16H23N5O9/c17-13-7-14(19-3-18-13)21(4-20-7)15-11(26)9(24)6(29-15)2-28-16-12(27)10(25)8(23)5(1-22)30-16/h3-6,8-12,15-16,22-27H,1-2H2,(H2,17,18,19)/t5-,6-,8-,9-,10+,11-,12-,15-,16+/m1/s1. The molecule has 0 radical (unpaired) electrons. The number of anilines is 1. The summed E-state index contributed by atoms with van der Waals surface area (Å²) in [6, 6.07) is 0. The maximum atomic E-state index is 10.4. The topological polar surface area (TPSA) is 219 Å². The SMILES string of the molecule is Nc1ncnc2c1ncn2[C@@H]1O[C@H](CO[C@H]2O[C@H](CO)[C@@H](O)[C@H](O)[C@H]2O)[C@@H](O)[C@H]1O. The van der Waals surface area contributed by atoms with E-state index in [2.05, 4.69) is 15.0 Å². The Morgan fingerprint density at radius 1 is 0.933 bits per heavy atom. The van der Waals surface area contributed by atoms with Gasteiger partial charge in [-0.1, -0.05) is 0 Å². The van der Waals surface area contributed by atoms with Crippen LogP contribution in [0, 0.1) is 0 Å². The van der Waals surface area contributed by atoms with Gasteiger partial charge in [-0.25, -0.2) is 15.0 Å². The number of fused-ring (bicyclic) bond motifs is 1. The molecule has 14 nitrogen and oxygen atoms in total. The molecular weight excluding hydrogens is 406 g/mol. The fraction of sp³-hybridized carbons (Fsp3) is 0.688. The van der Waals surface area contributed by atoms with Crippen LogP contribution >= 0.6 is 0 Å². The predicted molar refractivity (Wildman–Crippen MR) is 95.4 cm³/mol. The van der Waals surface area contributed by atoms with Gasteiger partial charge in [-0.15, -0.1) is 0 Å². The van der Waals surface area contributed by atoms with Gasteiger partial charge in [-0.3, -0.25) is 4.57 Å². The monoisotopic (exact) mass is 429 g/mol. The van der Waals surface area contributed by atoms with E-state index in [1.54, 1.807) is 0 Å². The zero-order chi connectivity index (χ0) is 21.6. The molecule has 0 spiro atoms. The summed E-state index contributed by atoms with van der Waals surface area (Å²) in [4.78, 5) is 12.0. The minimum absolute atomic E-state index is 0.147. The summed E-state index contributed by atoms with van der Waals surface area (Å²) in [6.45, 7) is -0.936. The largest absolute Gasteiger partial charge is 0.394 e. The van der Waals surface area contributed by atoms with Gasteiger partial charge in [-0.05, 0) is 0 Å². The molecule has 0 aromatic carbocycles. The van der Waals surface area contributed by atoms with E-state index in [9.17, 15) is 30.6 Å². The fourth-order valence-corrected chi connectivity index (χ4v) is 3.55. The number of hydrogen-bond acceptors (Lipinski definition) is 13. The van der Waals surface area contributed by atoms with Crippen molar-refractivity contribution in [2.24, 2.45) is 0 Å². The minimum Gasteiger partial charge on any atom is -0.394 e. The average Bonchev–Trinajstić information content (AvgIpc) is 3.28. The number of ether oxygens (including phenoxy) is 3. The number of aliphatic hydroxyl groups is 6. The lowest BCUT2D eigenvalue weighted by atomic mass is 9.99. The number of imidazole rings is 1. The van der Waals surface area contributed by atoms with E-state index in [0.717, 1.165) is 0 Å². The van der Waals surface area contributed by atoms with Crippen LogP contribution in [0.5, 0.6) is 0 Å². The molecule has 2 aromatic heterocycles. The van der Waals surface area contributed by atoms with Crippen LogP contribution in [0.15, 0.2) is 12.7 Å². The highest BCUT2D eigenvalue weighted by molar-refractivity contribution is 5.81. The molecule has 4 heterocycles. The summed E-state index contributed by atoms with van der Waals surface area (Å²) >= 11 is 0. The third-order valence-corrected chi connectivity index (χ3v) is 5.27. The zero-order valence-corrected chi connectivity index (χ0v) is 15.5. The van der Waals surface area contributed by atoms with Crippen LogP contribution in [-0.4, -0.2) is 112 Å². The lowest BCUT2D eigenvalue weighted by Crippen LogP contribution is -2.59. The molecule has 166 valence electrons. The number of rotatable bonds is 5. The van der Waals surface area contributed by atoms with E-state index in [1.807, 2.05) is 0 Å². The summed E-state index contributed by atoms with van der Waals surface area (Å²) in [7, 11) is 0. The van der Waals surface area contributed by atoms with Crippen molar-refractivity contribution >= 4 is 17.0 Å². The second-order valence-corrected chi connectivity index (χ2v) is 7.16. The van der Waals surface area contributed by atoms with Crippen molar-refractivity contribution in [2.45, 2.75) is 55.2 Å². The molecule has 2 aliphatic heterocycles. The highest BCUT2D eigenvalue weighted by Crippen LogP contribution is 2.32. The first-order valence-electron chi connectivity index (χ1n) is 9.20. The number of aliphatic hydroxyl groups excluding tert-OH is 6. The lowest BCUT2D eigenvalue weighted by Gasteiger charge is -2.39. The van der Waals surface area contributed by atoms with Gasteiger partial charge >= 0.3 is 0 Å². The smallest absolute Gasteiger partial charge is 0.186 e. The van der Waals surface area contributed by atoms with E-state index in [-0.39, 0.29) is 12.4 Å². The van der Waals surface area contributed by atoms with E-state index in [1.165, 1.54) is 17.2 Å². The predicted octanol–water partition coefficient (Wildman–Crippen LogP) is -4.16. The molecule has 30 heavy (non-hydrogen) atoms. The Kier molecular flexibility index (Phi) is 5.84. The Hall–Kier alpha value is -2.01. The molecule has 2 aliphatic rings. The van der Waals surface area contributed by atoms with Gasteiger partial charge in [0.1, 0.15) is 54.6 Å². The Morgan fingerprint density at radius 3 is 2.40 bits per heavy atom. The summed E-state index contributed by atoms with van der Waals surface area (Å²) < 4.78 is 17.7. The van der Waals surface area contributed by atoms with Crippen molar-refractivity contribution in [1.82, 2.24) is 19.5 Å². The molecule has 0 bridgehead atoms. The minimum atomic E-state index is -1.60. The fourth-order valence-electron chi connectivity index (χ4n) is 3.55. The van der Waals surface area contributed by atoms with E-state index < -0.39 is 61.9 Å². The molecule has 8 N–H and O–H groups in total. The molecule has 0 unspecified atom stereocenters. The molecule has 2 fully saturated rings. The van der Waals surface area contributed by atoms with Crippen molar-refractivity contribution in [3.05, 3.63) is 12.7 Å². The maximum absolute atomic E-state index is 10.4. The number of nitrogens with zero attached hydrogens (tertiary/aromatic N) is 4. The number of aromatic nitrogens is 4. The van der Waals surface area contributed by atoms with Gasteiger partial charge in [0, 0.05) is 0 Å². The van der Waals surface area contributed by atoms with E-state index in [4.69, 9.17) is 19.9 Å². The third kappa shape index (κ3) is 3.51.